The zero-order valence-corrected chi connectivity index (χ0v) is 7.94. The molecule has 0 aromatic heterocycles. The highest BCUT2D eigenvalue weighted by atomic mass is 32.1. The molecule has 2 bridgehead atoms. The maximum atomic E-state index is 5.46. The Morgan fingerprint density at radius 1 is 1.42 bits per heavy atom. The van der Waals surface area contributed by atoms with E-state index in [1.54, 1.807) is 0 Å². The molecule has 68 valence electrons. The second-order valence-electron chi connectivity index (χ2n) is 3.75. The third-order valence-corrected chi connectivity index (χ3v) is 3.10. The maximum absolute atomic E-state index is 5.46. The summed E-state index contributed by atoms with van der Waals surface area (Å²) in [4.78, 5) is 2.48. The van der Waals surface area contributed by atoms with E-state index in [1.165, 1.54) is 25.9 Å². The van der Waals surface area contributed by atoms with E-state index in [4.69, 9.17) is 18.0 Å². The first kappa shape index (κ1) is 8.26. The van der Waals surface area contributed by atoms with Gasteiger partial charge in [-0.3, -0.25) is 0 Å². The van der Waals surface area contributed by atoms with Crippen molar-refractivity contribution in [2.45, 2.75) is 18.9 Å². The molecule has 0 aliphatic carbocycles. The van der Waals surface area contributed by atoms with Gasteiger partial charge in [0.2, 0.25) is 0 Å². The largest absolute Gasteiger partial charge is 0.376 e. The second-order valence-corrected chi connectivity index (χ2v) is 4.19. The van der Waals surface area contributed by atoms with Gasteiger partial charge in [0.05, 0.1) is 0 Å². The number of nitrogens with zero attached hydrogens (tertiary/aromatic N) is 1. The first-order chi connectivity index (χ1) is 5.75. The fraction of sp³-hybridized carbons (Fsp3) is 0.875. The van der Waals surface area contributed by atoms with E-state index in [9.17, 15) is 0 Å². The molecule has 1 atom stereocenters. The molecule has 3 heterocycles. The quantitative estimate of drug-likeness (QED) is 0.560. The van der Waals surface area contributed by atoms with Crippen molar-refractivity contribution in [3.63, 3.8) is 0 Å². The highest BCUT2D eigenvalue weighted by Crippen LogP contribution is 2.27. The lowest BCUT2D eigenvalue weighted by Crippen LogP contribution is -2.58. The van der Waals surface area contributed by atoms with E-state index in [-0.39, 0.29) is 0 Å². The molecule has 3 fully saturated rings. The second kappa shape index (κ2) is 3.18. The number of nitrogens with two attached hydrogens (primary N) is 1. The van der Waals surface area contributed by atoms with E-state index in [2.05, 4.69) is 10.2 Å². The Labute approximate surface area is 78.3 Å². The predicted molar refractivity (Wildman–Crippen MR) is 52.9 cm³/mol. The van der Waals surface area contributed by atoms with Gasteiger partial charge in [-0.15, -0.1) is 0 Å². The number of piperidine rings is 3. The van der Waals surface area contributed by atoms with Gasteiger partial charge in [-0.2, -0.15) is 0 Å². The lowest BCUT2D eigenvalue weighted by Gasteiger charge is -2.45. The third kappa shape index (κ3) is 1.54. The highest BCUT2D eigenvalue weighted by molar-refractivity contribution is 7.80. The predicted octanol–water partition coefficient (Wildman–Crippen LogP) is -0.0862. The minimum absolute atomic E-state index is 0.453. The van der Waals surface area contributed by atoms with Crippen LogP contribution in [0, 0.1) is 5.92 Å². The Morgan fingerprint density at radius 3 is 2.50 bits per heavy atom. The van der Waals surface area contributed by atoms with Crippen LogP contribution in [0.2, 0.25) is 0 Å². The van der Waals surface area contributed by atoms with Gasteiger partial charge in [0.15, 0.2) is 5.11 Å². The van der Waals surface area contributed by atoms with Crippen LogP contribution in [-0.2, 0) is 0 Å². The van der Waals surface area contributed by atoms with E-state index in [0.717, 1.165) is 12.5 Å². The Morgan fingerprint density at radius 2 is 2.08 bits per heavy atom. The zero-order valence-electron chi connectivity index (χ0n) is 7.12. The molecule has 0 aromatic carbocycles. The summed E-state index contributed by atoms with van der Waals surface area (Å²) in [5.74, 6) is 0.802. The van der Waals surface area contributed by atoms with Gasteiger partial charge in [0.25, 0.3) is 0 Å². The van der Waals surface area contributed by atoms with E-state index >= 15 is 0 Å². The molecular weight excluding hydrogens is 170 g/mol. The first-order valence-corrected chi connectivity index (χ1v) is 4.95. The minimum atomic E-state index is 0.453. The molecule has 0 radical (unpaired) electrons. The van der Waals surface area contributed by atoms with Crippen LogP contribution >= 0.6 is 12.2 Å². The Bertz CT molecular complexity index is 187. The standard InChI is InChI=1S/C8H15N3S/c9-8(12)10-7-5-11-3-1-6(7)2-4-11/h6-7H,1-5H2,(H3,9,10,12). The topological polar surface area (TPSA) is 41.3 Å². The van der Waals surface area contributed by atoms with E-state index < -0.39 is 0 Å². The summed E-state index contributed by atoms with van der Waals surface area (Å²) in [6.45, 7) is 3.66. The summed E-state index contributed by atoms with van der Waals surface area (Å²) in [6.07, 6.45) is 2.61. The molecule has 3 aliphatic rings. The molecule has 0 saturated carbocycles. The molecule has 0 amide bonds. The lowest BCUT2D eigenvalue weighted by molar-refractivity contribution is 0.0814. The third-order valence-electron chi connectivity index (χ3n) is 2.98. The Hall–Kier alpha value is -0.350. The SMILES string of the molecule is NC(=S)NC1CN2CCC1CC2. The zero-order chi connectivity index (χ0) is 8.55. The maximum Gasteiger partial charge on any atom is 0.163 e. The van der Waals surface area contributed by atoms with Crippen molar-refractivity contribution in [2.75, 3.05) is 19.6 Å². The fourth-order valence-corrected chi connectivity index (χ4v) is 2.46. The van der Waals surface area contributed by atoms with Crippen LogP contribution in [0.4, 0.5) is 0 Å². The summed E-state index contributed by atoms with van der Waals surface area (Å²) in [6, 6.07) is 0.519. The van der Waals surface area contributed by atoms with Crippen LogP contribution in [-0.4, -0.2) is 35.7 Å². The summed E-state index contributed by atoms with van der Waals surface area (Å²) in [7, 11) is 0. The van der Waals surface area contributed by atoms with Crippen molar-refractivity contribution >= 4 is 17.3 Å². The normalized spacial score (nSPS) is 39.5. The van der Waals surface area contributed by atoms with Crippen molar-refractivity contribution < 1.29 is 0 Å². The van der Waals surface area contributed by atoms with Crippen LogP contribution < -0.4 is 11.1 Å². The van der Waals surface area contributed by atoms with E-state index in [0.29, 0.717) is 11.2 Å². The fourth-order valence-electron chi connectivity index (χ4n) is 2.31. The number of hydrogen-bond acceptors (Lipinski definition) is 2. The average molecular weight is 185 g/mol. The van der Waals surface area contributed by atoms with Gasteiger partial charge in [-0.1, -0.05) is 0 Å². The smallest absolute Gasteiger partial charge is 0.163 e. The molecule has 3 rings (SSSR count). The van der Waals surface area contributed by atoms with Gasteiger partial charge in [-0.05, 0) is 44.1 Å². The molecular formula is C8H15N3S. The van der Waals surface area contributed by atoms with Crippen molar-refractivity contribution in [1.29, 1.82) is 0 Å². The molecule has 3 nitrogen and oxygen atoms in total. The molecule has 1 unspecified atom stereocenters. The summed E-state index contributed by atoms with van der Waals surface area (Å²) < 4.78 is 0. The summed E-state index contributed by atoms with van der Waals surface area (Å²) >= 11 is 4.84. The van der Waals surface area contributed by atoms with Gasteiger partial charge in [0.1, 0.15) is 0 Å². The number of thiocarbonyl (C=S) groups is 1. The van der Waals surface area contributed by atoms with Crippen LogP contribution in [0.1, 0.15) is 12.8 Å². The van der Waals surface area contributed by atoms with Gasteiger partial charge in [-0.25, -0.2) is 0 Å². The molecule has 12 heavy (non-hydrogen) atoms. The number of nitrogens with one attached hydrogen (secondary N) is 1. The monoisotopic (exact) mass is 185 g/mol. The van der Waals surface area contributed by atoms with Crippen molar-refractivity contribution in [3.05, 3.63) is 0 Å². The first-order valence-electron chi connectivity index (χ1n) is 4.54. The molecule has 0 spiro atoms. The van der Waals surface area contributed by atoms with Crippen molar-refractivity contribution in [3.8, 4) is 0 Å². The van der Waals surface area contributed by atoms with Crippen LogP contribution in [0.25, 0.3) is 0 Å². The van der Waals surface area contributed by atoms with Gasteiger partial charge < -0.3 is 16.0 Å². The van der Waals surface area contributed by atoms with Gasteiger partial charge >= 0.3 is 0 Å². The van der Waals surface area contributed by atoms with Crippen molar-refractivity contribution in [2.24, 2.45) is 11.7 Å². The van der Waals surface area contributed by atoms with Crippen LogP contribution in [0.5, 0.6) is 0 Å². The molecule has 3 saturated heterocycles. The molecule has 4 heteroatoms. The highest BCUT2D eigenvalue weighted by Gasteiger charge is 2.33. The average Bonchev–Trinajstić information content (AvgIpc) is 2.05. The number of rotatable bonds is 1. The molecule has 0 aromatic rings. The number of hydrogen-bond donors (Lipinski definition) is 2. The number of fused-ring (bicyclic) bond motifs is 3. The van der Waals surface area contributed by atoms with Crippen LogP contribution in [0.15, 0.2) is 0 Å². The Balaban J connectivity index is 1.95. The molecule has 3 aliphatic heterocycles. The van der Waals surface area contributed by atoms with Crippen LogP contribution in [0.3, 0.4) is 0 Å². The Kier molecular flexibility index (Phi) is 2.19. The summed E-state index contributed by atoms with van der Waals surface area (Å²) in [5.41, 5.74) is 5.46. The van der Waals surface area contributed by atoms with E-state index in [1.807, 2.05) is 0 Å². The molecule has 3 N–H and O–H groups in total. The minimum Gasteiger partial charge on any atom is -0.376 e. The summed E-state index contributed by atoms with van der Waals surface area (Å²) in [5, 5.41) is 3.63. The lowest BCUT2D eigenvalue weighted by atomic mass is 9.84. The van der Waals surface area contributed by atoms with Gasteiger partial charge in [0, 0.05) is 12.6 Å². The van der Waals surface area contributed by atoms with Crippen molar-refractivity contribution in [1.82, 2.24) is 10.2 Å².